The van der Waals surface area contributed by atoms with Gasteiger partial charge in [0.05, 0.1) is 6.61 Å². The van der Waals surface area contributed by atoms with E-state index in [-0.39, 0.29) is 6.61 Å². The highest BCUT2D eigenvalue weighted by Crippen LogP contribution is 2.30. The van der Waals surface area contributed by atoms with Crippen molar-refractivity contribution < 1.29 is 9.52 Å². The second-order valence-electron chi connectivity index (χ2n) is 3.38. The average Bonchev–Trinajstić information content (AvgIpc) is 2.41. The molecule has 14 heavy (non-hydrogen) atoms. The van der Waals surface area contributed by atoms with Crippen molar-refractivity contribution in [3.05, 3.63) is 34.0 Å². The first-order chi connectivity index (χ1) is 6.63. The maximum atomic E-state index is 9.19. The van der Waals surface area contributed by atoms with Gasteiger partial charge in [0, 0.05) is 16.5 Å². The van der Waals surface area contributed by atoms with Crippen LogP contribution in [-0.4, -0.2) is 5.11 Å². The fourth-order valence-corrected chi connectivity index (χ4v) is 1.92. The molecule has 0 bridgehead atoms. The molecular formula is C11H11ClO2. The second kappa shape index (κ2) is 3.30. The summed E-state index contributed by atoms with van der Waals surface area (Å²) in [6.07, 6.45) is 0. The number of fused-ring (bicyclic) bond motifs is 1. The Morgan fingerprint density at radius 1 is 1.36 bits per heavy atom. The molecule has 1 heterocycles. The molecule has 0 radical (unpaired) electrons. The lowest BCUT2D eigenvalue weighted by Crippen LogP contribution is -1.85. The lowest BCUT2D eigenvalue weighted by molar-refractivity contribution is 0.283. The molecule has 1 aromatic carbocycles. The number of aliphatic hydroxyl groups excluding tert-OH is 1. The first-order valence-corrected chi connectivity index (χ1v) is 4.80. The second-order valence-corrected chi connectivity index (χ2v) is 3.82. The van der Waals surface area contributed by atoms with Crippen LogP contribution in [0.1, 0.15) is 16.9 Å². The highest BCUT2D eigenvalue weighted by Gasteiger charge is 2.11. The van der Waals surface area contributed by atoms with Gasteiger partial charge >= 0.3 is 0 Å². The van der Waals surface area contributed by atoms with Crippen LogP contribution in [0.2, 0.25) is 5.02 Å². The minimum Gasteiger partial charge on any atom is -0.461 e. The Bertz CT molecular complexity index is 485. The topological polar surface area (TPSA) is 33.4 Å². The number of benzene rings is 1. The van der Waals surface area contributed by atoms with Gasteiger partial charge in [-0.2, -0.15) is 0 Å². The molecule has 0 aliphatic carbocycles. The van der Waals surface area contributed by atoms with Crippen LogP contribution in [0.5, 0.6) is 0 Å². The molecule has 0 saturated heterocycles. The lowest BCUT2D eigenvalue weighted by atomic mass is 10.1. The van der Waals surface area contributed by atoms with E-state index in [0.29, 0.717) is 5.02 Å². The van der Waals surface area contributed by atoms with E-state index in [0.717, 1.165) is 27.9 Å². The van der Waals surface area contributed by atoms with Gasteiger partial charge in [-0.1, -0.05) is 11.6 Å². The molecule has 1 aromatic heterocycles. The van der Waals surface area contributed by atoms with E-state index in [1.54, 1.807) is 12.1 Å². The molecule has 0 amide bonds. The predicted molar refractivity (Wildman–Crippen MR) is 56.6 cm³/mol. The summed E-state index contributed by atoms with van der Waals surface area (Å²) in [5, 5.41) is 10.8. The number of hydrogen-bond acceptors (Lipinski definition) is 2. The van der Waals surface area contributed by atoms with Gasteiger partial charge in [-0.3, -0.25) is 0 Å². The number of furan rings is 1. The highest BCUT2D eigenvalue weighted by molar-refractivity contribution is 6.31. The summed E-state index contributed by atoms with van der Waals surface area (Å²) in [6, 6.07) is 3.54. The zero-order valence-corrected chi connectivity index (χ0v) is 8.85. The SMILES string of the molecule is Cc1oc2cc(Cl)cc(CO)c2c1C. The summed E-state index contributed by atoms with van der Waals surface area (Å²) in [7, 11) is 0. The Hall–Kier alpha value is -0.990. The summed E-state index contributed by atoms with van der Waals surface area (Å²) in [6.45, 7) is 3.87. The Labute approximate surface area is 87.1 Å². The quantitative estimate of drug-likeness (QED) is 0.784. The van der Waals surface area contributed by atoms with Crippen molar-refractivity contribution in [1.29, 1.82) is 0 Å². The molecule has 3 heteroatoms. The van der Waals surface area contributed by atoms with Crippen LogP contribution in [0, 0.1) is 13.8 Å². The van der Waals surface area contributed by atoms with Gasteiger partial charge < -0.3 is 9.52 Å². The smallest absolute Gasteiger partial charge is 0.136 e. The summed E-state index contributed by atoms with van der Waals surface area (Å²) in [5.41, 5.74) is 2.64. The predicted octanol–water partition coefficient (Wildman–Crippen LogP) is 3.20. The van der Waals surface area contributed by atoms with Crippen LogP contribution >= 0.6 is 11.6 Å². The molecule has 2 aromatic rings. The van der Waals surface area contributed by atoms with E-state index in [2.05, 4.69) is 0 Å². The summed E-state index contributed by atoms with van der Waals surface area (Å²) in [5.74, 6) is 0.872. The van der Waals surface area contributed by atoms with Gasteiger partial charge in [0.1, 0.15) is 11.3 Å². The van der Waals surface area contributed by atoms with Crippen LogP contribution in [0.4, 0.5) is 0 Å². The molecule has 0 spiro atoms. The molecule has 2 nitrogen and oxygen atoms in total. The molecule has 2 rings (SSSR count). The van der Waals surface area contributed by atoms with Gasteiger partial charge in [-0.15, -0.1) is 0 Å². The van der Waals surface area contributed by atoms with Gasteiger partial charge in [0.25, 0.3) is 0 Å². The Kier molecular flexibility index (Phi) is 2.25. The maximum Gasteiger partial charge on any atom is 0.136 e. The van der Waals surface area contributed by atoms with Crippen LogP contribution in [0.3, 0.4) is 0 Å². The number of hydrogen-bond donors (Lipinski definition) is 1. The number of aryl methyl sites for hydroxylation is 2. The third-order valence-corrected chi connectivity index (χ3v) is 2.70. The van der Waals surface area contributed by atoms with Crippen LogP contribution < -0.4 is 0 Å². The van der Waals surface area contributed by atoms with Crippen molar-refractivity contribution in [1.82, 2.24) is 0 Å². The van der Waals surface area contributed by atoms with Crippen molar-refractivity contribution in [2.45, 2.75) is 20.5 Å². The molecule has 0 unspecified atom stereocenters. The van der Waals surface area contributed by atoms with Crippen LogP contribution in [-0.2, 0) is 6.61 Å². The van der Waals surface area contributed by atoms with Crippen molar-refractivity contribution in [2.24, 2.45) is 0 Å². The fourth-order valence-electron chi connectivity index (χ4n) is 1.68. The summed E-state index contributed by atoms with van der Waals surface area (Å²) < 4.78 is 5.53. The Morgan fingerprint density at radius 2 is 2.07 bits per heavy atom. The molecular weight excluding hydrogens is 200 g/mol. The number of aliphatic hydroxyl groups is 1. The van der Waals surface area contributed by atoms with Crippen LogP contribution in [0.15, 0.2) is 16.5 Å². The van der Waals surface area contributed by atoms with E-state index >= 15 is 0 Å². The van der Waals surface area contributed by atoms with E-state index < -0.39 is 0 Å². The van der Waals surface area contributed by atoms with Gasteiger partial charge in [0.2, 0.25) is 0 Å². The van der Waals surface area contributed by atoms with Crippen molar-refractivity contribution in [3.63, 3.8) is 0 Å². The minimum absolute atomic E-state index is 0.0170. The average molecular weight is 211 g/mol. The Balaban J connectivity index is 2.88. The molecule has 0 aliphatic rings. The van der Waals surface area contributed by atoms with Gasteiger partial charge in [-0.25, -0.2) is 0 Å². The summed E-state index contributed by atoms with van der Waals surface area (Å²) in [4.78, 5) is 0. The third-order valence-electron chi connectivity index (χ3n) is 2.49. The number of rotatable bonds is 1. The third kappa shape index (κ3) is 1.31. The fraction of sp³-hybridized carbons (Fsp3) is 0.273. The van der Waals surface area contributed by atoms with Crippen molar-refractivity contribution in [2.75, 3.05) is 0 Å². The number of halogens is 1. The Morgan fingerprint density at radius 3 is 2.71 bits per heavy atom. The van der Waals surface area contributed by atoms with E-state index in [1.807, 2.05) is 13.8 Å². The molecule has 0 fully saturated rings. The highest BCUT2D eigenvalue weighted by atomic mass is 35.5. The zero-order chi connectivity index (χ0) is 10.3. The lowest BCUT2D eigenvalue weighted by Gasteiger charge is -2.00. The van der Waals surface area contributed by atoms with Gasteiger partial charge in [-0.05, 0) is 31.0 Å². The van der Waals surface area contributed by atoms with E-state index in [9.17, 15) is 5.11 Å². The standard InChI is InChI=1S/C11H11ClO2/c1-6-7(2)14-10-4-9(12)3-8(5-13)11(6)10/h3-4,13H,5H2,1-2H3. The largest absolute Gasteiger partial charge is 0.461 e. The molecule has 0 saturated carbocycles. The monoisotopic (exact) mass is 210 g/mol. The molecule has 0 atom stereocenters. The first kappa shape index (κ1) is 9.56. The normalized spacial score (nSPS) is 11.1. The van der Waals surface area contributed by atoms with Crippen molar-refractivity contribution >= 4 is 22.6 Å². The molecule has 1 N–H and O–H groups in total. The van der Waals surface area contributed by atoms with E-state index in [4.69, 9.17) is 16.0 Å². The first-order valence-electron chi connectivity index (χ1n) is 4.42. The van der Waals surface area contributed by atoms with Gasteiger partial charge in [0.15, 0.2) is 0 Å². The minimum atomic E-state index is -0.0170. The van der Waals surface area contributed by atoms with Crippen molar-refractivity contribution in [3.8, 4) is 0 Å². The molecule has 74 valence electrons. The molecule has 0 aliphatic heterocycles. The van der Waals surface area contributed by atoms with E-state index in [1.165, 1.54) is 0 Å². The maximum absolute atomic E-state index is 9.19. The van der Waals surface area contributed by atoms with Crippen LogP contribution in [0.25, 0.3) is 11.0 Å². The zero-order valence-electron chi connectivity index (χ0n) is 8.10. The summed E-state index contributed by atoms with van der Waals surface area (Å²) >= 11 is 5.89.